The van der Waals surface area contributed by atoms with E-state index in [4.69, 9.17) is 11.6 Å². The van der Waals surface area contributed by atoms with Crippen LogP contribution in [0.5, 0.6) is 0 Å². The van der Waals surface area contributed by atoms with Gasteiger partial charge in [-0.3, -0.25) is 0 Å². The van der Waals surface area contributed by atoms with E-state index >= 15 is 0 Å². The summed E-state index contributed by atoms with van der Waals surface area (Å²) in [5, 5.41) is 21.7. The molecule has 0 aliphatic carbocycles. The smallest absolute Gasteiger partial charge is 0.214 e. The van der Waals surface area contributed by atoms with Crippen LogP contribution in [0.1, 0.15) is 5.56 Å². The van der Waals surface area contributed by atoms with Crippen LogP contribution in [-0.2, 0) is 6.54 Å². The number of hydrogen-bond acceptors (Lipinski definition) is 4. The number of β-amino-alcohol motifs (C(OH)–C–C–N with tert-alkyl or cyclic N) is 1. The van der Waals surface area contributed by atoms with Gasteiger partial charge in [-0.1, -0.05) is 51.4 Å². The minimum atomic E-state index is 0.0661. The highest BCUT2D eigenvalue weighted by Crippen LogP contribution is 2.46. The zero-order valence-corrected chi connectivity index (χ0v) is 19.3. The maximum Gasteiger partial charge on any atom is 0.214 e. The van der Waals surface area contributed by atoms with Gasteiger partial charge in [-0.05, 0) is 42.0 Å². The van der Waals surface area contributed by atoms with Crippen molar-refractivity contribution in [3.63, 3.8) is 0 Å². The van der Waals surface area contributed by atoms with Crippen LogP contribution >= 0.6 is 39.3 Å². The largest absolute Gasteiger partial charge is 0.395 e. The SMILES string of the molecule is OCCN1/C(=C/C=C/c2cc[n+](CCO)c3cc(Br)ccc23)Sc2ccc(Cl)cc21. The first-order valence-corrected chi connectivity index (χ1v) is 11.6. The number of thioether (sulfide) groups is 1. The number of hydrogen-bond donors (Lipinski definition) is 2. The van der Waals surface area contributed by atoms with E-state index in [2.05, 4.69) is 51.2 Å². The molecule has 7 heteroatoms. The van der Waals surface area contributed by atoms with Gasteiger partial charge in [0.2, 0.25) is 5.52 Å². The van der Waals surface area contributed by atoms with E-state index in [-0.39, 0.29) is 13.2 Å². The number of aromatic nitrogens is 1. The van der Waals surface area contributed by atoms with Gasteiger partial charge in [-0.25, -0.2) is 0 Å². The third-order valence-corrected chi connectivity index (χ3v) is 6.74. The molecule has 0 saturated carbocycles. The van der Waals surface area contributed by atoms with Gasteiger partial charge in [0, 0.05) is 33.1 Å². The van der Waals surface area contributed by atoms with Crippen LogP contribution in [0.15, 0.2) is 75.2 Å². The first-order valence-electron chi connectivity index (χ1n) is 9.57. The third-order valence-electron chi connectivity index (χ3n) is 4.89. The van der Waals surface area contributed by atoms with Gasteiger partial charge >= 0.3 is 0 Å². The monoisotopic (exact) mass is 503 g/mol. The fourth-order valence-electron chi connectivity index (χ4n) is 3.54. The number of rotatable bonds is 6. The summed E-state index contributed by atoms with van der Waals surface area (Å²) in [5.41, 5.74) is 3.19. The first kappa shape index (κ1) is 21.4. The molecule has 0 saturated heterocycles. The molecule has 2 aromatic carbocycles. The molecule has 1 aromatic heterocycles. The summed E-state index contributed by atoms with van der Waals surface area (Å²) in [7, 11) is 0. The lowest BCUT2D eigenvalue weighted by Gasteiger charge is -2.18. The second-order valence-corrected chi connectivity index (χ2v) is 9.22. The Morgan fingerprint density at radius 2 is 1.97 bits per heavy atom. The van der Waals surface area contributed by atoms with E-state index in [9.17, 15) is 10.2 Å². The van der Waals surface area contributed by atoms with Crippen molar-refractivity contribution in [2.45, 2.75) is 11.4 Å². The average molecular weight is 505 g/mol. The number of pyridine rings is 1. The van der Waals surface area contributed by atoms with Gasteiger partial charge in [-0.15, -0.1) is 0 Å². The first-order chi connectivity index (χ1) is 14.6. The minimum Gasteiger partial charge on any atom is -0.395 e. The minimum absolute atomic E-state index is 0.0661. The molecule has 1 aliphatic heterocycles. The standard InChI is InChI=1S/C23H21BrClN2O2S/c24-17-4-6-19-16(8-9-26(10-12-28)20(19)14-17)2-1-3-23-27(11-13-29)21-15-18(25)5-7-22(21)30-23/h1-9,14-15,28-29H,10-13H2/q+1. The van der Waals surface area contributed by atoms with Crippen LogP contribution in [0.2, 0.25) is 5.02 Å². The van der Waals surface area contributed by atoms with Crippen molar-refractivity contribution < 1.29 is 14.8 Å². The molecule has 1 aliphatic rings. The highest BCUT2D eigenvalue weighted by atomic mass is 79.9. The molecule has 2 N–H and O–H groups in total. The lowest BCUT2D eigenvalue weighted by Crippen LogP contribution is -2.36. The number of aliphatic hydroxyl groups excluding tert-OH is 2. The zero-order chi connectivity index (χ0) is 21.1. The Hall–Kier alpha value is -1.83. The molecule has 4 nitrogen and oxygen atoms in total. The molecule has 0 radical (unpaired) electrons. The second-order valence-electron chi connectivity index (χ2n) is 6.80. The Morgan fingerprint density at radius 3 is 2.77 bits per heavy atom. The number of fused-ring (bicyclic) bond motifs is 2. The average Bonchev–Trinajstić information content (AvgIpc) is 3.06. The molecule has 2 heterocycles. The van der Waals surface area contributed by atoms with Gasteiger partial charge in [0.15, 0.2) is 12.7 Å². The molecule has 0 unspecified atom stereocenters. The Balaban J connectivity index is 1.66. The van der Waals surface area contributed by atoms with Gasteiger partial charge in [-0.2, -0.15) is 4.57 Å². The van der Waals surface area contributed by atoms with Crippen LogP contribution < -0.4 is 9.47 Å². The van der Waals surface area contributed by atoms with Crippen molar-refractivity contribution >= 4 is 62.0 Å². The lowest BCUT2D eigenvalue weighted by atomic mass is 10.1. The molecule has 154 valence electrons. The summed E-state index contributed by atoms with van der Waals surface area (Å²) in [6, 6.07) is 14.1. The normalized spacial score (nSPS) is 14.9. The highest BCUT2D eigenvalue weighted by Gasteiger charge is 2.24. The second kappa shape index (κ2) is 9.54. The predicted octanol–water partition coefficient (Wildman–Crippen LogP) is 4.99. The highest BCUT2D eigenvalue weighted by molar-refractivity contribution is 9.10. The Morgan fingerprint density at radius 1 is 1.10 bits per heavy atom. The van der Waals surface area contributed by atoms with E-state index in [1.807, 2.05) is 41.1 Å². The summed E-state index contributed by atoms with van der Waals surface area (Å²) < 4.78 is 3.05. The molecule has 0 amide bonds. The lowest BCUT2D eigenvalue weighted by molar-refractivity contribution is -0.672. The molecule has 4 rings (SSSR count). The van der Waals surface area contributed by atoms with Crippen molar-refractivity contribution in [1.82, 2.24) is 0 Å². The molecule has 0 fully saturated rings. The molecule has 0 atom stereocenters. The Labute approximate surface area is 193 Å². The number of halogens is 2. The van der Waals surface area contributed by atoms with E-state index in [0.717, 1.165) is 36.6 Å². The van der Waals surface area contributed by atoms with Crippen molar-refractivity contribution in [2.24, 2.45) is 0 Å². The Bertz CT molecular complexity index is 1150. The van der Waals surface area contributed by atoms with Crippen molar-refractivity contribution in [3.05, 3.63) is 80.9 Å². The number of aliphatic hydroxyl groups is 2. The maximum atomic E-state index is 9.50. The summed E-state index contributed by atoms with van der Waals surface area (Å²) >= 11 is 11.4. The van der Waals surface area contributed by atoms with Crippen LogP contribution in [0, 0.1) is 0 Å². The van der Waals surface area contributed by atoms with Gasteiger partial charge in [0.05, 0.1) is 22.7 Å². The van der Waals surface area contributed by atoms with Crippen LogP contribution in [0.25, 0.3) is 17.0 Å². The fraction of sp³-hybridized carbons (Fsp3) is 0.174. The van der Waals surface area contributed by atoms with Gasteiger partial charge in [0.25, 0.3) is 0 Å². The quantitative estimate of drug-likeness (QED) is 0.464. The van der Waals surface area contributed by atoms with Crippen LogP contribution in [0.3, 0.4) is 0 Å². The maximum absolute atomic E-state index is 9.50. The predicted molar refractivity (Wildman–Crippen MR) is 128 cm³/mol. The van der Waals surface area contributed by atoms with E-state index < -0.39 is 0 Å². The Kier molecular flexibility index (Phi) is 6.80. The third kappa shape index (κ3) is 4.43. The van der Waals surface area contributed by atoms with Crippen molar-refractivity contribution in [3.8, 4) is 0 Å². The summed E-state index contributed by atoms with van der Waals surface area (Å²) in [6.07, 6.45) is 8.18. The van der Waals surface area contributed by atoms with E-state index in [1.54, 1.807) is 11.8 Å². The number of allylic oxidation sites excluding steroid dienone is 2. The topological polar surface area (TPSA) is 47.6 Å². The molecule has 0 spiro atoms. The van der Waals surface area contributed by atoms with Crippen LogP contribution in [0.4, 0.5) is 5.69 Å². The van der Waals surface area contributed by atoms with Gasteiger partial charge < -0.3 is 15.1 Å². The molecule has 3 aromatic rings. The summed E-state index contributed by atoms with van der Waals surface area (Å²) in [6.45, 7) is 1.23. The van der Waals surface area contributed by atoms with Crippen LogP contribution in [-0.4, -0.2) is 30.0 Å². The number of anilines is 1. The number of nitrogens with zero attached hydrogens (tertiary/aromatic N) is 2. The number of benzene rings is 2. The van der Waals surface area contributed by atoms with E-state index in [0.29, 0.717) is 18.1 Å². The summed E-state index contributed by atoms with van der Waals surface area (Å²) in [5.74, 6) is 0. The molecule has 30 heavy (non-hydrogen) atoms. The van der Waals surface area contributed by atoms with Crippen molar-refractivity contribution in [2.75, 3.05) is 24.7 Å². The molecular weight excluding hydrogens is 484 g/mol. The van der Waals surface area contributed by atoms with Crippen molar-refractivity contribution in [1.29, 1.82) is 0 Å². The van der Waals surface area contributed by atoms with Gasteiger partial charge in [0.1, 0.15) is 6.61 Å². The van der Waals surface area contributed by atoms with E-state index in [1.165, 1.54) is 0 Å². The molecular formula is C23H21BrClN2O2S+. The molecule has 0 bridgehead atoms. The fourth-order valence-corrected chi connectivity index (χ4v) is 5.13. The summed E-state index contributed by atoms with van der Waals surface area (Å²) in [4.78, 5) is 3.22. The zero-order valence-electron chi connectivity index (χ0n) is 16.1.